The van der Waals surface area contributed by atoms with Crippen LogP contribution in [0.3, 0.4) is 0 Å². The Bertz CT molecular complexity index is 573. The van der Waals surface area contributed by atoms with Crippen LogP contribution in [0.5, 0.6) is 0 Å². The molecule has 2 N–H and O–H groups in total. The van der Waals surface area contributed by atoms with Crippen molar-refractivity contribution >= 4 is 11.8 Å². The number of pyridine rings is 2. The molecule has 5 nitrogen and oxygen atoms in total. The van der Waals surface area contributed by atoms with Gasteiger partial charge in [0.15, 0.2) is 0 Å². The van der Waals surface area contributed by atoms with Gasteiger partial charge < -0.3 is 5.32 Å². The second-order valence-corrected chi connectivity index (χ2v) is 5.50. The fourth-order valence-corrected chi connectivity index (χ4v) is 1.67. The second-order valence-electron chi connectivity index (χ2n) is 5.50. The smallest absolute Gasteiger partial charge is 0.320 e. The maximum absolute atomic E-state index is 11.7. The summed E-state index contributed by atoms with van der Waals surface area (Å²) in [5, 5.41) is 5.52. The average Bonchev–Trinajstić information content (AvgIpc) is 2.38. The van der Waals surface area contributed by atoms with Gasteiger partial charge in [0, 0.05) is 29.7 Å². The molecule has 0 atom stereocenters. The van der Waals surface area contributed by atoms with E-state index >= 15 is 0 Å². The van der Waals surface area contributed by atoms with E-state index in [0.29, 0.717) is 5.82 Å². The summed E-state index contributed by atoms with van der Waals surface area (Å²) in [6, 6.07) is 7.25. The first-order valence-corrected chi connectivity index (χ1v) is 6.40. The van der Waals surface area contributed by atoms with Crippen LogP contribution in [-0.4, -0.2) is 21.5 Å². The molecule has 20 heavy (non-hydrogen) atoms. The fraction of sp³-hybridized carbons (Fsp3) is 0.267. The maximum Gasteiger partial charge on any atom is 0.320 e. The van der Waals surface area contributed by atoms with Crippen LogP contribution < -0.4 is 10.6 Å². The van der Waals surface area contributed by atoms with Crippen LogP contribution in [0.15, 0.2) is 42.9 Å². The van der Waals surface area contributed by atoms with Crippen LogP contribution in [0.1, 0.15) is 20.8 Å². The second kappa shape index (κ2) is 5.69. The van der Waals surface area contributed by atoms with E-state index in [1.807, 2.05) is 39.0 Å². The van der Waals surface area contributed by atoms with Crippen molar-refractivity contribution in [3.8, 4) is 11.1 Å². The first kappa shape index (κ1) is 14.0. The normalized spacial score (nSPS) is 10.9. The summed E-state index contributed by atoms with van der Waals surface area (Å²) in [6.07, 6.45) is 5.19. The van der Waals surface area contributed by atoms with Gasteiger partial charge in [-0.25, -0.2) is 9.78 Å². The molecule has 104 valence electrons. The van der Waals surface area contributed by atoms with Crippen molar-refractivity contribution < 1.29 is 4.79 Å². The van der Waals surface area contributed by atoms with Gasteiger partial charge in [0.05, 0.1) is 0 Å². The quantitative estimate of drug-likeness (QED) is 0.881. The Kier molecular flexibility index (Phi) is 3.98. The van der Waals surface area contributed by atoms with Crippen LogP contribution in [0.25, 0.3) is 11.1 Å². The minimum atomic E-state index is -0.277. The summed E-state index contributed by atoms with van der Waals surface area (Å²) in [7, 11) is 0. The van der Waals surface area contributed by atoms with Crippen LogP contribution in [0.4, 0.5) is 10.6 Å². The first-order chi connectivity index (χ1) is 9.44. The summed E-state index contributed by atoms with van der Waals surface area (Å²) in [5.41, 5.74) is 1.74. The molecule has 2 aromatic rings. The SMILES string of the molecule is CC(C)(C)NC(=O)Nc1ccc(-c2ccncc2)cn1. The molecule has 2 heterocycles. The van der Waals surface area contributed by atoms with Gasteiger partial charge in [-0.2, -0.15) is 0 Å². The van der Waals surface area contributed by atoms with E-state index in [-0.39, 0.29) is 11.6 Å². The number of urea groups is 1. The lowest BCUT2D eigenvalue weighted by molar-refractivity contribution is 0.243. The highest BCUT2D eigenvalue weighted by molar-refractivity contribution is 5.88. The van der Waals surface area contributed by atoms with Gasteiger partial charge >= 0.3 is 6.03 Å². The number of hydrogen-bond donors (Lipinski definition) is 2. The maximum atomic E-state index is 11.7. The van der Waals surface area contributed by atoms with Gasteiger partial charge in [-0.15, -0.1) is 0 Å². The molecule has 0 spiro atoms. The number of rotatable bonds is 2. The number of hydrogen-bond acceptors (Lipinski definition) is 3. The third kappa shape index (κ3) is 4.05. The molecule has 0 aromatic carbocycles. The van der Waals surface area contributed by atoms with Gasteiger partial charge in [0.2, 0.25) is 0 Å². The van der Waals surface area contributed by atoms with Crippen LogP contribution in [0, 0.1) is 0 Å². The number of anilines is 1. The summed E-state index contributed by atoms with van der Waals surface area (Å²) in [5.74, 6) is 0.518. The predicted octanol–water partition coefficient (Wildman–Crippen LogP) is 3.06. The van der Waals surface area contributed by atoms with E-state index in [4.69, 9.17) is 0 Å². The Morgan fingerprint density at radius 2 is 1.75 bits per heavy atom. The lowest BCUT2D eigenvalue weighted by Crippen LogP contribution is -2.43. The molecule has 0 aliphatic carbocycles. The Labute approximate surface area is 118 Å². The number of nitrogens with zero attached hydrogens (tertiary/aromatic N) is 2. The highest BCUT2D eigenvalue weighted by atomic mass is 16.2. The Morgan fingerprint density at radius 3 is 2.30 bits per heavy atom. The first-order valence-electron chi connectivity index (χ1n) is 6.40. The van der Waals surface area contributed by atoms with Crippen molar-refractivity contribution in [3.05, 3.63) is 42.9 Å². The zero-order valence-electron chi connectivity index (χ0n) is 11.8. The standard InChI is InChI=1S/C15H18N4O/c1-15(2,3)19-14(20)18-13-5-4-12(10-17-13)11-6-8-16-9-7-11/h4-10H,1-3H3,(H2,17,18,19,20). The lowest BCUT2D eigenvalue weighted by atomic mass is 10.1. The van der Waals surface area contributed by atoms with Crippen molar-refractivity contribution in [2.45, 2.75) is 26.3 Å². The summed E-state index contributed by atoms with van der Waals surface area (Å²) in [4.78, 5) is 19.9. The average molecular weight is 270 g/mol. The summed E-state index contributed by atoms with van der Waals surface area (Å²) < 4.78 is 0. The summed E-state index contributed by atoms with van der Waals surface area (Å²) in [6.45, 7) is 5.77. The molecule has 2 aromatic heterocycles. The molecule has 0 aliphatic heterocycles. The van der Waals surface area contributed by atoms with E-state index in [1.165, 1.54) is 0 Å². The van der Waals surface area contributed by atoms with Crippen LogP contribution in [0.2, 0.25) is 0 Å². The predicted molar refractivity (Wildman–Crippen MR) is 79.4 cm³/mol. The molecule has 0 saturated heterocycles. The van der Waals surface area contributed by atoms with Crippen molar-refractivity contribution in [1.29, 1.82) is 0 Å². The zero-order chi connectivity index (χ0) is 14.6. The topological polar surface area (TPSA) is 66.9 Å². The van der Waals surface area contributed by atoms with Crippen LogP contribution in [-0.2, 0) is 0 Å². The van der Waals surface area contributed by atoms with E-state index in [0.717, 1.165) is 11.1 Å². The molecule has 0 bridgehead atoms. The van der Waals surface area contributed by atoms with Gasteiger partial charge in [-0.3, -0.25) is 10.3 Å². The summed E-state index contributed by atoms with van der Waals surface area (Å²) >= 11 is 0. The van der Waals surface area contributed by atoms with E-state index < -0.39 is 0 Å². The molecule has 0 saturated carbocycles. The molecule has 0 aliphatic rings. The fourth-order valence-electron chi connectivity index (χ4n) is 1.67. The molecular formula is C15H18N4O. The van der Waals surface area contributed by atoms with Crippen molar-refractivity contribution in [3.63, 3.8) is 0 Å². The Morgan fingerprint density at radius 1 is 1.05 bits per heavy atom. The molecule has 5 heteroatoms. The molecule has 2 rings (SSSR count). The Balaban J connectivity index is 2.04. The molecule has 0 radical (unpaired) electrons. The number of amides is 2. The van der Waals surface area contributed by atoms with Crippen LogP contribution >= 0.6 is 0 Å². The van der Waals surface area contributed by atoms with Gasteiger partial charge in [-0.05, 0) is 50.6 Å². The number of aromatic nitrogens is 2. The number of carbonyl (C=O) groups is 1. The minimum Gasteiger partial charge on any atom is -0.333 e. The molecule has 0 unspecified atom stereocenters. The molecule has 2 amide bonds. The lowest BCUT2D eigenvalue weighted by Gasteiger charge is -2.20. The highest BCUT2D eigenvalue weighted by Crippen LogP contribution is 2.18. The monoisotopic (exact) mass is 270 g/mol. The van der Waals surface area contributed by atoms with Crippen molar-refractivity contribution in [1.82, 2.24) is 15.3 Å². The zero-order valence-corrected chi connectivity index (χ0v) is 11.8. The highest BCUT2D eigenvalue weighted by Gasteiger charge is 2.13. The van der Waals surface area contributed by atoms with Gasteiger partial charge in [-0.1, -0.05) is 0 Å². The van der Waals surface area contributed by atoms with Gasteiger partial charge in [0.1, 0.15) is 5.82 Å². The van der Waals surface area contributed by atoms with Crippen molar-refractivity contribution in [2.24, 2.45) is 0 Å². The molecule has 0 fully saturated rings. The minimum absolute atomic E-state index is 0.262. The largest absolute Gasteiger partial charge is 0.333 e. The third-order valence-corrected chi connectivity index (χ3v) is 2.51. The van der Waals surface area contributed by atoms with E-state index in [1.54, 1.807) is 24.7 Å². The third-order valence-electron chi connectivity index (χ3n) is 2.51. The van der Waals surface area contributed by atoms with E-state index in [2.05, 4.69) is 20.6 Å². The van der Waals surface area contributed by atoms with E-state index in [9.17, 15) is 4.79 Å². The number of carbonyl (C=O) groups excluding carboxylic acids is 1. The van der Waals surface area contributed by atoms with Crippen molar-refractivity contribution in [2.75, 3.05) is 5.32 Å². The Hall–Kier alpha value is -2.43. The number of nitrogens with one attached hydrogen (secondary N) is 2. The van der Waals surface area contributed by atoms with Gasteiger partial charge in [0.25, 0.3) is 0 Å². The molecular weight excluding hydrogens is 252 g/mol.